The van der Waals surface area contributed by atoms with Crippen molar-refractivity contribution in [1.82, 2.24) is 4.98 Å². The van der Waals surface area contributed by atoms with Gasteiger partial charge >= 0.3 is 0 Å². The summed E-state index contributed by atoms with van der Waals surface area (Å²) in [4.78, 5) is 4.38. The Morgan fingerprint density at radius 1 is 1.19 bits per heavy atom. The van der Waals surface area contributed by atoms with Gasteiger partial charge in [-0.25, -0.2) is 13.4 Å². The van der Waals surface area contributed by atoms with E-state index in [2.05, 4.69) is 20.9 Å². The van der Waals surface area contributed by atoms with Crippen molar-refractivity contribution in [2.45, 2.75) is 10.6 Å². The Labute approximate surface area is 129 Å². The maximum Gasteiger partial charge on any atom is 0.211 e. The molecule has 2 aromatic carbocycles. The molecule has 3 rings (SSSR count). The van der Waals surface area contributed by atoms with Crippen molar-refractivity contribution in [2.75, 3.05) is 5.73 Å². The maximum absolute atomic E-state index is 12.4. The summed E-state index contributed by atoms with van der Waals surface area (Å²) in [7, 11) is -3.52. The Morgan fingerprint density at radius 3 is 2.67 bits per heavy atom. The van der Waals surface area contributed by atoms with Gasteiger partial charge in [-0.3, -0.25) is 0 Å². The zero-order valence-electron chi connectivity index (χ0n) is 10.8. The number of aromatic nitrogens is 1. The van der Waals surface area contributed by atoms with Gasteiger partial charge in [0.15, 0.2) is 15.4 Å². The molecule has 0 saturated heterocycles. The van der Waals surface area contributed by atoms with Crippen LogP contribution in [-0.2, 0) is 15.6 Å². The van der Waals surface area contributed by atoms with Crippen LogP contribution in [0.4, 0.5) is 5.69 Å². The van der Waals surface area contributed by atoms with Crippen molar-refractivity contribution in [2.24, 2.45) is 0 Å². The lowest BCUT2D eigenvalue weighted by Gasteiger charge is -2.02. The number of fused-ring (bicyclic) bond motifs is 1. The third-order valence-electron chi connectivity index (χ3n) is 2.96. The van der Waals surface area contributed by atoms with Crippen LogP contribution < -0.4 is 5.73 Å². The van der Waals surface area contributed by atoms with Crippen LogP contribution in [-0.4, -0.2) is 13.4 Å². The predicted octanol–water partition coefficient (Wildman–Crippen LogP) is 3.15. The SMILES string of the molecule is Nc1cccc2oc(CS(=O)(=O)c3cccc(Br)c3)nc12. The van der Waals surface area contributed by atoms with Crippen LogP contribution in [0.3, 0.4) is 0 Å². The lowest BCUT2D eigenvalue weighted by atomic mass is 10.3. The molecule has 0 bridgehead atoms. The normalized spacial score (nSPS) is 11.9. The minimum atomic E-state index is -3.52. The van der Waals surface area contributed by atoms with E-state index >= 15 is 0 Å². The molecule has 0 unspecified atom stereocenters. The van der Waals surface area contributed by atoms with Gasteiger partial charge in [-0.2, -0.15) is 0 Å². The smallest absolute Gasteiger partial charge is 0.211 e. The molecule has 108 valence electrons. The summed E-state index contributed by atoms with van der Waals surface area (Å²) < 4.78 is 30.9. The molecule has 0 saturated carbocycles. The number of para-hydroxylation sites is 1. The number of nitrogen functional groups attached to an aromatic ring is 1. The number of anilines is 1. The van der Waals surface area contributed by atoms with Gasteiger partial charge < -0.3 is 10.2 Å². The summed E-state index contributed by atoms with van der Waals surface area (Å²) in [5.74, 6) is -0.180. The van der Waals surface area contributed by atoms with E-state index in [0.29, 0.717) is 21.3 Å². The number of halogens is 1. The summed E-state index contributed by atoms with van der Waals surface area (Å²) in [5, 5.41) is 0. The van der Waals surface area contributed by atoms with Gasteiger partial charge in [0.1, 0.15) is 11.3 Å². The molecular weight excluding hydrogens is 356 g/mol. The number of benzene rings is 2. The number of nitrogens with zero attached hydrogens (tertiary/aromatic N) is 1. The summed E-state index contributed by atoms with van der Waals surface area (Å²) >= 11 is 3.26. The second-order valence-corrected chi connectivity index (χ2v) is 7.42. The van der Waals surface area contributed by atoms with Crippen LogP contribution in [0.2, 0.25) is 0 Å². The van der Waals surface area contributed by atoms with Gasteiger partial charge in [-0.1, -0.05) is 28.1 Å². The van der Waals surface area contributed by atoms with Crippen LogP contribution in [0.15, 0.2) is 56.2 Å². The van der Waals surface area contributed by atoms with Crippen molar-refractivity contribution in [3.63, 3.8) is 0 Å². The van der Waals surface area contributed by atoms with E-state index in [0.717, 1.165) is 0 Å². The molecule has 0 fully saturated rings. The van der Waals surface area contributed by atoms with E-state index in [1.807, 2.05) is 0 Å². The quantitative estimate of drug-likeness (QED) is 0.719. The van der Waals surface area contributed by atoms with Crippen LogP contribution in [0, 0.1) is 0 Å². The standard InChI is InChI=1S/C14H11BrN2O3S/c15-9-3-1-4-10(7-9)21(18,19)8-13-17-14-11(16)5-2-6-12(14)20-13/h1-7H,8,16H2. The van der Waals surface area contributed by atoms with Gasteiger partial charge in [0.25, 0.3) is 0 Å². The first-order valence-corrected chi connectivity index (χ1v) is 8.52. The molecule has 2 N–H and O–H groups in total. The lowest BCUT2D eigenvalue weighted by molar-refractivity contribution is 0.540. The van der Waals surface area contributed by atoms with E-state index in [-0.39, 0.29) is 16.5 Å². The number of rotatable bonds is 3. The maximum atomic E-state index is 12.4. The molecule has 0 aliphatic heterocycles. The molecular formula is C14H11BrN2O3S. The number of hydrogen-bond donors (Lipinski definition) is 1. The van der Waals surface area contributed by atoms with Gasteiger partial charge in [0.05, 0.1) is 10.6 Å². The van der Waals surface area contributed by atoms with E-state index in [9.17, 15) is 8.42 Å². The Morgan fingerprint density at radius 2 is 1.95 bits per heavy atom. The molecule has 3 aromatic rings. The molecule has 1 aromatic heterocycles. The highest BCUT2D eigenvalue weighted by Gasteiger charge is 2.20. The minimum absolute atomic E-state index is 0.128. The molecule has 7 heteroatoms. The van der Waals surface area contributed by atoms with Gasteiger partial charge in [0.2, 0.25) is 5.89 Å². The summed E-state index contributed by atoms with van der Waals surface area (Å²) in [6.07, 6.45) is 0. The van der Waals surface area contributed by atoms with E-state index < -0.39 is 9.84 Å². The Bertz CT molecular complexity index is 919. The predicted molar refractivity (Wildman–Crippen MR) is 83.5 cm³/mol. The number of oxazole rings is 1. The van der Waals surface area contributed by atoms with Crippen molar-refractivity contribution in [1.29, 1.82) is 0 Å². The van der Waals surface area contributed by atoms with E-state index in [4.69, 9.17) is 10.2 Å². The van der Waals surface area contributed by atoms with Gasteiger partial charge in [-0.05, 0) is 30.3 Å². The molecule has 0 aliphatic carbocycles. The molecule has 21 heavy (non-hydrogen) atoms. The second kappa shape index (κ2) is 5.16. The van der Waals surface area contributed by atoms with Crippen molar-refractivity contribution in [3.05, 3.63) is 52.8 Å². The van der Waals surface area contributed by atoms with Crippen molar-refractivity contribution >= 4 is 42.6 Å². The van der Waals surface area contributed by atoms with Crippen LogP contribution in [0.1, 0.15) is 5.89 Å². The van der Waals surface area contributed by atoms with Crippen LogP contribution >= 0.6 is 15.9 Å². The third kappa shape index (κ3) is 2.79. The second-order valence-electron chi connectivity index (χ2n) is 4.52. The highest BCUT2D eigenvalue weighted by atomic mass is 79.9. The van der Waals surface area contributed by atoms with Crippen molar-refractivity contribution < 1.29 is 12.8 Å². The van der Waals surface area contributed by atoms with Crippen LogP contribution in [0.25, 0.3) is 11.1 Å². The van der Waals surface area contributed by atoms with E-state index in [1.54, 1.807) is 36.4 Å². The Kier molecular flexibility index (Phi) is 3.46. The van der Waals surface area contributed by atoms with Gasteiger partial charge in [0, 0.05) is 4.47 Å². The van der Waals surface area contributed by atoms with Gasteiger partial charge in [-0.15, -0.1) is 0 Å². The first-order chi connectivity index (χ1) is 9.95. The average Bonchev–Trinajstić information content (AvgIpc) is 2.82. The monoisotopic (exact) mass is 366 g/mol. The topological polar surface area (TPSA) is 86.2 Å². The van der Waals surface area contributed by atoms with Crippen molar-refractivity contribution in [3.8, 4) is 0 Å². The number of sulfone groups is 1. The first kappa shape index (κ1) is 14.1. The summed E-state index contributed by atoms with van der Waals surface area (Å²) in [5.41, 5.74) is 7.21. The molecule has 0 atom stereocenters. The molecule has 0 aliphatic rings. The fourth-order valence-corrected chi connectivity index (χ4v) is 3.74. The lowest BCUT2D eigenvalue weighted by Crippen LogP contribution is -2.05. The fraction of sp³-hybridized carbons (Fsp3) is 0.0714. The number of hydrogen-bond acceptors (Lipinski definition) is 5. The summed E-state index contributed by atoms with van der Waals surface area (Å²) in [6, 6.07) is 11.6. The highest BCUT2D eigenvalue weighted by molar-refractivity contribution is 9.10. The number of nitrogens with two attached hydrogens (primary N) is 1. The third-order valence-corrected chi connectivity index (χ3v) is 5.06. The van der Waals surface area contributed by atoms with Crippen LogP contribution in [0.5, 0.6) is 0 Å². The average molecular weight is 367 g/mol. The van der Waals surface area contributed by atoms with E-state index in [1.165, 1.54) is 6.07 Å². The Balaban J connectivity index is 1.99. The zero-order valence-corrected chi connectivity index (χ0v) is 13.2. The highest BCUT2D eigenvalue weighted by Crippen LogP contribution is 2.24. The molecule has 1 heterocycles. The molecule has 0 amide bonds. The molecule has 5 nitrogen and oxygen atoms in total. The molecule has 0 radical (unpaired) electrons. The zero-order chi connectivity index (χ0) is 15.0. The molecule has 0 spiro atoms. The first-order valence-electron chi connectivity index (χ1n) is 6.08. The minimum Gasteiger partial charge on any atom is -0.439 e. The Hall–Kier alpha value is -1.86. The fourth-order valence-electron chi connectivity index (χ4n) is 1.98. The largest absolute Gasteiger partial charge is 0.439 e. The summed E-state index contributed by atoms with van der Waals surface area (Å²) in [6.45, 7) is 0.